The molecule has 0 N–H and O–H groups in total. The summed E-state index contributed by atoms with van der Waals surface area (Å²) in [6.45, 7) is 3.00. The number of nitro benzene ring substituents is 1. The minimum absolute atomic E-state index is 0.00310. The number of carbonyl (C=O) groups is 2. The fourth-order valence-corrected chi connectivity index (χ4v) is 3.90. The second-order valence-electron chi connectivity index (χ2n) is 6.73. The first kappa shape index (κ1) is 23.9. The lowest BCUT2D eigenvalue weighted by Gasteiger charge is -1.98. The zero-order valence-electron chi connectivity index (χ0n) is 17.7. The van der Waals surface area contributed by atoms with Gasteiger partial charge in [0.1, 0.15) is 5.56 Å². The van der Waals surface area contributed by atoms with Crippen molar-refractivity contribution in [3.8, 4) is 23.7 Å². The third kappa shape index (κ3) is 7.40. The van der Waals surface area contributed by atoms with Crippen molar-refractivity contribution in [1.29, 1.82) is 0 Å². The Morgan fingerprint density at radius 1 is 0.697 bits per heavy atom. The maximum atomic E-state index is 11.6. The monoisotopic (exact) mass is 471 g/mol. The van der Waals surface area contributed by atoms with Gasteiger partial charge < -0.3 is 0 Å². The maximum absolute atomic E-state index is 11.6. The van der Waals surface area contributed by atoms with Crippen molar-refractivity contribution >= 4 is 39.4 Å². The third-order valence-electron chi connectivity index (χ3n) is 4.12. The quantitative estimate of drug-likeness (QED) is 0.212. The fraction of sp³-hybridized carbons (Fsp3) is 0.0769. The van der Waals surface area contributed by atoms with Gasteiger partial charge in [0.15, 0.2) is 10.2 Å². The second kappa shape index (κ2) is 11.2. The number of benzene rings is 3. The summed E-state index contributed by atoms with van der Waals surface area (Å²) in [6, 6.07) is 19.0. The highest BCUT2D eigenvalue weighted by molar-refractivity contribution is 8.13. The first-order valence-corrected chi connectivity index (χ1v) is 11.3. The van der Waals surface area contributed by atoms with E-state index in [2.05, 4.69) is 23.7 Å². The van der Waals surface area contributed by atoms with Crippen LogP contribution >= 0.6 is 23.5 Å². The van der Waals surface area contributed by atoms with E-state index in [1.807, 2.05) is 12.1 Å². The van der Waals surface area contributed by atoms with Gasteiger partial charge in [-0.2, -0.15) is 0 Å². The Morgan fingerprint density at radius 2 is 1.12 bits per heavy atom. The number of rotatable bonds is 3. The second-order valence-corrected chi connectivity index (χ2v) is 9.23. The lowest BCUT2D eigenvalue weighted by atomic mass is 10.1. The van der Waals surface area contributed by atoms with Crippen molar-refractivity contribution in [2.24, 2.45) is 0 Å². The molecule has 33 heavy (non-hydrogen) atoms. The van der Waals surface area contributed by atoms with Crippen LogP contribution in [-0.2, 0) is 9.59 Å². The normalized spacial score (nSPS) is 9.76. The summed E-state index contributed by atoms with van der Waals surface area (Å²) in [5, 5.41) is 11.6. The highest BCUT2D eigenvalue weighted by Gasteiger charge is 2.12. The van der Waals surface area contributed by atoms with Crippen molar-refractivity contribution in [2.45, 2.75) is 23.6 Å². The van der Waals surface area contributed by atoms with Crippen LogP contribution in [0.25, 0.3) is 0 Å². The molecule has 0 atom stereocenters. The van der Waals surface area contributed by atoms with Crippen LogP contribution in [0.1, 0.15) is 36.1 Å². The molecule has 7 heteroatoms. The number of thioether (sulfide) groups is 2. The van der Waals surface area contributed by atoms with Gasteiger partial charge in [-0.05, 0) is 60.7 Å². The first-order chi connectivity index (χ1) is 15.8. The van der Waals surface area contributed by atoms with Crippen LogP contribution in [0, 0.1) is 33.8 Å². The van der Waals surface area contributed by atoms with Crippen molar-refractivity contribution in [2.75, 3.05) is 0 Å². The minimum atomic E-state index is -0.477. The smallest absolute Gasteiger partial charge is 0.286 e. The van der Waals surface area contributed by atoms with Crippen LogP contribution in [0.4, 0.5) is 5.69 Å². The molecule has 0 amide bonds. The van der Waals surface area contributed by atoms with Crippen LogP contribution in [0.3, 0.4) is 0 Å². The molecule has 0 aromatic heterocycles. The van der Waals surface area contributed by atoms with E-state index in [0.29, 0.717) is 16.7 Å². The molecule has 5 nitrogen and oxygen atoms in total. The van der Waals surface area contributed by atoms with Crippen LogP contribution < -0.4 is 0 Å². The maximum Gasteiger partial charge on any atom is 0.286 e. The topological polar surface area (TPSA) is 77.3 Å². The number of carbonyl (C=O) groups excluding carboxylic acids is 2. The Balaban J connectivity index is 1.80. The summed E-state index contributed by atoms with van der Waals surface area (Å²) in [5.74, 6) is 11.7. The van der Waals surface area contributed by atoms with Crippen LogP contribution in [-0.4, -0.2) is 15.2 Å². The van der Waals surface area contributed by atoms with Crippen molar-refractivity contribution in [3.63, 3.8) is 0 Å². The zero-order valence-corrected chi connectivity index (χ0v) is 19.4. The Kier molecular flexibility index (Phi) is 8.10. The predicted octanol–water partition coefficient (Wildman–Crippen LogP) is 5.67. The Morgan fingerprint density at radius 3 is 1.58 bits per heavy atom. The summed E-state index contributed by atoms with van der Waals surface area (Å²) in [7, 11) is 0. The van der Waals surface area contributed by atoms with Gasteiger partial charge in [-0.15, -0.1) is 0 Å². The number of hydrogen-bond donors (Lipinski definition) is 0. The standard InChI is InChI=1S/C26H17NO4S2/c1-18(28)32-24-13-7-20(8-14-24)3-4-22-6-12-23(26(17-22)27(30)31)11-5-21-9-15-25(16-10-21)33-19(2)29/h6-10,12-17H,1-2H3. The average molecular weight is 472 g/mol. The van der Waals surface area contributed by atoms with Gasteiger partial charge >= 0.3 is 0 Å². The summed E-state index contributed by atoms with van der Waals surface area (Å²) in [5.41, 5.74) is 2.10. The highest BCUT2D eigenvalue weighted by atomic mass is 32.2. The van der Waals surface area contributed by atoms with E-state index in [0.717, 1.165) is 38.9 Å². The van der Waals surface area contributed by atoms with Gasteiger partial charge in [-0.25, -0.2) is 0 Å². The van der Waals surface area contributed by atoms with Gasteiger partial charge in [0.05, 0.1) is 4.92 Å². The van der Waals surface area contributed by atoms with E-state index < -0.39 is 4.92 Å². The van der Waals surface area contributed by atoms with Gasteiger partial charge in [0.25, 0.3) is 5.69 Å². The van der Waals surface area contributed by atoms with E-state index in [1.54, 1.807) is 48.5 Å². The van der Waals surface area contributed by atoms with E-state index in [-0.39, 0.29) is 15.9 Å². The summed E-state index contributed by atoms with van der Waals surface area (Å²) in [4.78, 5) is 35.0. The van der Waals surface area contributed by atoms with Crippen molar-refractivity contribution < 1.29 is 14.5 Å². The van der Waals surface area contributed by atoms with Crippen molar-refractivity contribution in [1.82, 2.24) is 0 Å². The molecule has 0 fully saturated rings. The lowest BCUT2D eigenvalue weighted by Crippen LogP contribution is -1.93. The minimum Gasteiger partial charge on any atom is -0.287 e. The fourth-order valence-electron chi connectivity index (χ4n) is 2.69. The molecule has 3 rings (SSSR count). The predicted molar refractivity (Wildman–Crippen MR) is 131 cm³/mol. The first-order valence-electron chi connectivity index (χ1n) is 9.69. The van der Waals surface area contributed by atoms with E-state index in [1.165, 1.54) is 19.9 Å². The van der Waals surface area contributed by atoms with Gasteiger partial charge in [-0.1, -0.05) is 47.2 Å². The molecule has 0 heterocycles. The molecule has 0 spiro atoms. The SMILES string of the molecule is CC(=O)Sc1ccc(C#Cc2ccc(C#Cc3ccc(SC(C)=O)cc3)c([N+](=O)[O-])c2)cc1. The Labute approximate surface area is 200 Å². The molecule has 0 saturated heterocycles. The molecule has 0 bridgehead atoms. The van der Waals surface area contributed by atoms with Gasteiger partial charge in [-0.3, -0.25) is 19.7 Å². The number of hydrogen-bond acceptors (Lipinski definition) is 6. The molecule has 162 valence electrons. The van der Waals surface area contributed by atoms with Crippen LogP contribution in [0.15, 0.2) is 76.5 Å². The molecular formula is C26H17NO4S2. The number of nitrogens with zero attached hydrogens (tertiary/aromatic N) is 1. The number of nitro groups is 1. The molecule has 0 saturated carbocycles. The van der Waals surface area contributed by atoms with E-state index in [9.17, 15) is 19.7 Å². The van der Waals surface area contributed by atoms with Crippen LogP contribution in [0.5, 0.6) is 0 Å². The molecule has 0 radical (unpaired) electrons. The molecule has 3 aromatic carbocycles. The Bertz CT molecular complexity index is 1340. The molecule has 3 aromatic rings. The van der Waals surface area contributed by atoms with Gasteiger partial charge in [0, 0.05) is 46.4 Å². The Hall–Kier alpha value is -3.78. The molecule has 0 aliphatic carbocycles. The average Bonchev–Trinajstić information content (AvgIpc) is 2.77. The largest absolute Gasteiger partial charge is 0.287 e. The zero-order chi connectivity index (χ0) is 23.8. The van der Waals surface area contributed by atoms with Crippen molar-refractivity contribution in [3.05, 3.63) is 99.1 Å². The lowest BCUT2D eigenvalue weighted by molar-refractivity contribution is -0.385. The summed E-state index contributed by atoms with van der Waals surface area (Å²) >= 11 is 2.28. The molecular weight excluding hydrogens is 454 g/mol. The third-order valence-corrected chi connectivity index (χ3v) is 5.71. The highest BCUT2D eigenvalue weighted by Crippen LogP contribution is 2.21. The van der Waals surface area contributed by atoms with E-state index >= 15 is 0 Å². The van der Waals surface area contributed by atoms with Crippen LogP contribution in [0.2, 0.25) is 0 Å². The summed E-state index contributed by atoms with van der Waals surface area (Å²) in [6.07, 6.45) is 0. The van der Waals surface area contributed by atoms with Gasteiger partial charge in [0.2, 0.25) is 0 Å². The molecule has 0 unspecified atom stereocenters. The molecule has 0 aliphatic rings. The summed E-state index contributed by atoms with van der Waals surface area (Å²) < 4.78 is 0. The molecule has 0 aliphatic heterocycles. The van der Waals surface area contributed by atoms with E-state index in [4.69, 9.17) is 0 Å².